The minimum atomic E-state index is -0.992. The first kappa shape index (κ1) is 12.5. The first-order valence-corrected chi connectivity index (χ1v) is 6.89. The van der Waals surface area contributed by atoms with Gasteiger partial charge in [0.15, 0.2) is 0 Å². The molecule has 2 bridgehead atoms. The SMILES string of the molecule is O=C(O)N(CC1CC2CCC1C2)c1cccc(F)c1. The molecule has 3 rings (SSSR count). The molecule has 0 aromatic heterocycles. The fraction of sp³-hybridized carbons (Fsp3) is 0.533. The van der Waals surface area contributed by atoms with Gasteiger partial charge in [-0.25, -0.2) is 9.18 Å². The van der Waals surface area contributed by atoms with Crippen LogP contribution in [0.25, 0.3) is 0 Å². The van der Waals surface area contributed by atoms with Crippen molar-refractivity contribution in [3.05, 3.63) is 30.1 Å². The molecule has 0 radical (unpaired) electrons. The van der Waals surface area contributed by atoms with Crippen LogP contribution in [0.15, 0.2) is 24.3 Å². The summed E-state index contributed by atoms with van der Waals surface area (Å²) in [6.07, 6.45) is 3.92. The first-order valence-electron chi connectivity index (χ1n) is 6.89. The molecule has 1 amide bonds. The summed E-state index contributed by atoms with van der Waals surface area (Å²) in [4.78, 5) is 12.7. The van der Waals surface area contributed by atoms with Crippen molar-refractivity contribution in [3.8, 4) is 0 Å². The molecule has 102 valence electrons. The summed E-state index contributed by atoms with van der Waals surface area (Å²) in [5.74, 6) is 1.51. The van der Waals surface area contributed by atoms with Gasteiger partial charge in [-0.15, -0.1) is 0 Å². The van der Waals surface area contributed by atoms with Crippen molar-refractivity contribution in [2.75, 3.05) is 11.4 Å². The van der Waals surface area contributed by atoms with Crippen LogP contribution < -0.4 is 4.90 Å². The summed E-state index contributed by atoms with van der Waals surface area (Å²) in [5, 5.41) is 9.35. The van der Waals surface area contributed by atoms with Crippen LogP contribution in [0.2, 0.25) is 0 Å². The molecule has 0 spiro atoms. The highest BCUT2D eigenvalue weighted by atomic mass is 19.1. The first-order chi connectivity index (χ1) is 9.13. The summed E-state index contributed by atoms with van der Waals surface area (Å²) in [6, 6.07) is 5.84. The van der Waals surface area contributed by atoms with E-state index in [-0.39, 0.29) is 0 Å². The third-order valence-corrected chi connectivity index (χ3v) is 4.65. The molecule has 2 saturated carbocycles. The van der Waals surface area contributed by atoms with Crippen LogP contribution in [0.5, 0.6) is 0 Å². The van der Waals surface area contributed by atoms with Gasteiger partial charge in [0, 0.05) is 12.2 Å². The average molecular weight is 263 g/mol. The van der Waals surface area contributed by atoms with Gasteiger partial charge in [-0.05, 0) is 55.2 Å². The average Bonchev–Trinajstić information content (AvgIpc) is 2.97. The molecule has 2 aliphatic rings. The lowest BCUT2D eigenvalue weighted by Gasteiger charge is -2.28. The van der Waals surface area contributed by atoms with Gasteiger partial charge in [-0.3, -0.25) is 4.90 Å². The molecule has 19 heavy (non-hydrogen) atoms. The topological polar surface area (TPSA) is 40.5 Å². The van der Waals surface area contributed by atoms with E-state index < -0.39 is 11.9 Å². The second-order valence-corrected chi connectivity index (χ2v) is 5.81. The second kappa shape index (κ2) is 4.83. The van der Waals surface area contributed by atoms with E-state index in [1.807, 2.05) is 0 Å². The van der Waals surface area contributed by atoms with E-state index in [2.05, 4.69) is 0 Å². The standard InChI is InChI=1S/C15H18FNO2/c16-13-2-1-3-14(8-13)17(15(18)19)9-12-7-10-4-5-11(12)6-10/h1-3,8,10-12H,4-7,9H2,(H,18,19). The van der Waals surface area contributed by atoms with E-state index in [9.17, 15) is 14.3 Å². The Balaban J connectivity index is 1.76. The monoisotopic (exact) mass is 263 g/mol. The lowest BCUT2D eigenvalue weighted by Crippen LogP contribution is -2.36. The van der Waals surface area contributed by atoms with Gasteiger partial charge in [0.1, 0.15) is 5.82 Å². The Morgan fingerprint density at radius 2 is 2.21 bits per heavy atom. The summed E-state index contributed by atoms with van der Waals surface area (Å²) < 4.78 is 13.2. The maximum atomic E-state index is 13.2. The fourth-order valence-corrected chi connectivity index (χ4v) is 3.77. The van der Waals surface area contributed by atoms with Crippen LogP contribution in [0.4, 0.5) is 14.9 Å². The van der Waals surface area contributed by atoms with Gasteiger partial charge in [0.25, 0.3) is 0 Å². The van der Waals surface area contributed by atoms with E-state index in [1.165, 1.54) is 36.3 Å². The van der Waals surface area contributed by atoms with Crippen molar-refractivity contribution < 1.29 is 14.3 Å². The summed E-state index contributed by atoms with van der Waals surface area (Å²) in [7, 11) is 0. The van der Waals surface area contributed by atoms with Gasteiger partial charge >= 0.3 is 6.09 Å². The van der Waals surface area contributed by atoms with E-state index in [4.69, 9.17) is 0 Å². The number of nitrogens with zero attached hydrogens (tertiary/aromatic N) is 1. The zero-order valence-corrected chi connectivity index (χ0v) is 10.8. The van der Waals surface area contributed by atoms with Gasteiger partial charge in [0.2, 0.25) is 0 Å². The van der Waals surface area contributed by atoms with Crippen LogP contribution in [0, 0.1) is 23.6 Å². The van der Waals surface area contributed by atoms with Crippen LogP contribution in [0.1, 0.15) is 25.7 Å². The Bertz CT molecular complexity index is 491. The van der Waals surface area contributed by atoms with E-state index in [1.54, 1.807) is 12.1 Å². The highest BCUT2D eigenvalue weighted by Gasteiger charge is 2.40. The van der Waals surface area contributed by atoms with Gasteiger partial charge < -0.3 is 5.11 Å². The number of rotatable bonds is 3. The predicted octanol–water partition coefficient (Wildman–Crippen LogP) is 3.75. The molecule has 0 heterocycles. The Kier molecular flexibility index (Phi) is 3.17. The summed E-state index contributed by atoms with van der Waals surface area (Å²) in [5.41, 5.74) is 0.440. The van der Waals surface area contributed by atoms with E-state index in [0.29, 0.717) is 24.1 Å². The largest absolute Gasteiger partial charge is 0.465 e. The number of anilines is 1. The zero-order valence-electron chi connectivity index (χ0n) is 10.8. The molecule has 3 unspecified atom stereocenters. The van der Waals surface area contributed by atoms with Crippen molar-refractivity contribution in [1.29, 1.82) is 0 Å². The maximum absolute atomic E-state index is 13.2. The van der Waals surface area contributed by atoms with Gasteiger partial charge in [-0.1, -0.05) is 12.5 Å². The van der Waals surface area contributed by atoms with Crippen LogP contribution in [0.3, 0.4) is 0 Å². The van der Waals surface area contributed by atoms with Crippen LogP contribution in [-0.4, -0.2) is 17.7 Å². The Morgan fingerprint density at radius 1 is 1.37 bits per heavy atom. The molecule has 2 aliphatic carbocycles. The maximum Gasteiger partial charge on any atom is 0.411 e. The highest BCUT2D eigenvalue weighted by molar-refractivity contribution is 5.85. The third kappa shape index (κ3) is 2.44. The second-order valence-electron chi connectivity index (χ2n) is 5.81. The lowest BCUT2D eigenvalue weighted by atomic mass is 9.88. The molecule has 3 nitrogen and oxygen atoms in total. The van der Waals surface area contributed by atoms with Crippen molar-refractivity contribution in [2.24, 2.45) is 17.8 Å². The van der Waals surface area contributed by atoms with Crippen LogP contribution in [-0.2, 0) is 0 Å². The molecule has 2 fully saturated rings. The quantitative estimate of drug-likeness (QED) is 0.902. The normalized spacial score (nSPS) is 28.6. The van der Waals surface area contributed by atoms with Crippen molar-refractivity contribution in [3.63, 3.8) is 0 Å². The smallest absolute Gasteiger partial charge is 0.411 e. The summed E-state index contributed by atoms with van der Waals surface area (Å²) >= 11 is 0. The van der Waals surface area contributed by atoms with Gasteiger partial charge in [0.05, 0.1) is 0 Å². The van der Waals surface area contributed by atoms with Crippen molar-refractivity contribution in [1.82, 2.24) is 0 Å². The number of carbonyl (C=O) groups is 1. The minimum absolute atomic E-state index is 0.392. The number of fused-ring (bicyclic) bond motifs is 2. The Morgan fingerprint density at radius 3 is 2.79 bits per heavy atom. The third-order valence-electron chi connectivity index (χ3n) is 4.65. The summed E-state index contributed by atoms with van der Waals surface area (Å²) in [6.45, 7) is 0.500. The van der Waals surface area contributed by atoms with E-state index in [0.717, 1.165) is 12.3 Å². The number of carboxylic acid groups (broad SMARTS) is 1. The van der Waals surface area contributed by atoms with Crippen molar-refractivity contribution in [2.45, 2.75) is 25.7 Å². The fourth-order valence-electron chi connectivity index (χ4n) is 3.77. The molecule has 1 aromatic carbocycles. The Hall–Kier alpha value is -1.58. The number of halogens is 1. The van der Waals surface area contributed by atoms with Crippen LogP contribution >= 0.6 is 0 Å². The molecule has 4 heteroatoms. The minimum Gasteiger partial charge on any atom is -0.465 e. The molecule has 1 aromatic rings. The predicted molar refractivity (Wildman–Crippen MR) is 70.7 cm³/mol. The molecule has 0 saturated heterocycles. The Labute approximate surface area is 112 Å². The van der Waals surface area contributed by atoms with Crippen molar-refractivity contribution >= 4 is 11.8 Å². The number of benzene rings is 1. The van der Waals surface area contributed by atoms with Gasteiger partial charge in [-0.2, -0.15) is 0 Å². The zero-order chi connectivity index (χ0) is 13.4. The molecule has 0 aliphatic heterocycles. The molecule has 3 atom stereocenters. The lowest BCUT2D eigenvalue weighted by molar-refractivity contribution is 0.198. The molecular formula is C15H18FNO2. The number of amides is 1. The number of hydrogen-bond acceptors (Lipinski definition) is 1. The number of hydrogen-bond donors (Lipinski definition) is 1. The molecule has 1 N–H and O–H groups in total. The molecular weight excluding hydrogens is 245 g/mol. The van der Waals surface area contributed by atoms with E-state index >= 15 is 0 Å². The highest BCUT2D eigenvalue weighted by Crippen LogP contribution is 2.48.